The number of carbonyl (C=O) groups excluding carboxylic acids is 2. The van der Waals surface area contributed by atoms with Gasteiger partial charge in [0, 0.05) is 37.8 Å². The summed E-state index contributed by atoms with van der Waals surface area (Å²) >= 11 is 0. The molecule has 3 fully saturated rings. The fourth-order valence-corrected chi connectivity index (χ4v) is 4.32. The normalized spacial score (nSPS) is 20.5. The number of amides is 3. The van der Waals surface area contributed by atoms with Crippen LogP contribution in [0.15, 0.2) is 42.5 Å². The van der Waals surface area contributed by atoms with Gasteiger partial charge in [-0.2, -0.15) is 0 Å². The van der Waals surface area contributed by atoms with Crippen LogP contribution in [-0.4, -0.2) is 54.1 Å². The predicted molar refractivity (Wildman–Crippen MR) is 125 cm³/mol. The van der Waals surface area contributed by atoms with Crippen LogP contribution in [0.5, 0.6) is 0 Å². The summed E-state index contributed by atoms with van der Waals surface area (Å²) < 4.78 is 19.7. The molecular formula is C25H29ClFN3O3. The molecule has 5 rings (SSSR count). The maximum Gasteiger partial charge on any atom is 0.327 e. The van der Waals surface area contributed by atoms with Crippen molar-refractivity contribution >= 4 is 24.3 Å². The zero-order chi connectivity index (χ0) is 22.1. The molecule has 2 aromatic rings. The minimum absolute atomic E-state index is 0. The molecule has 3 aliphatic rings. The smallest absolute Gasteiger partial charge is 0.327 e. The maximum absolute atomic E-state index is 14.3. The molecule has 0 aromatic heterocycles. The fraction of sp³-hybridized carbons (Fsp3) is 0.440. The van der Waals surface area contributed by atoms with Crippen molar-refractivity contribution in [2.75, 3.05) is 26.3 Å². The van der Waals surface area contributed by atoms with Gasteiger partial charge in [0.1, 0.15) is 12.4 Å². The zero-order valence-electron chi connectivity index (χ0n) is 18.5. The second-order valence-electron chi connectivity index (χ2n) is 9.03. The number of nitrogens with zero attached hydrogens (tertiary/aromatic N) is 2. The van der Waals surface area contributed by atoms with Crippen LogP contribution < -0.4 is 5.32 Å². The highest BCUT2D eigenvalue weighted by Crippen LogP contribution is 2.31. The van der Waals surface area contributed by atoms with Gasteiger partial charge in [-0.25, -0.2) is 9.18 Å². The van der Waals surface area contributed by atoms with E-state index in [1.807, 2.05) is 30.3 Å². The second-order valence-corrected chi connectivity index (χ2v) is 9.03. The Hall–Kier alpha value is -2.48. The first-order valence-electron chi connectivity index (χ1n) is 11.3. The third kappa shape index (κ3) is 5.54. The molecule has 176 valence electrons. The molecule has 0 radical (unpaired) electrons. The average molecular weight is 474 g/mol. The molecule has 2 saturated heterocycles. The average Bonchev–Trinajstić information content (AvgIpc) is 3.40. The second kappa shape index (κ2) is 10.2. The van der Waals surface area contributed by atoms with Crippen LogP contribution in [0.25, 0.3) is 11.1 Å². The molecule has 6 nitrogen and oxygen atoms in total. The van der Waals surface area contributed by atoms with Gasteiger partial charge in [-0.3, -0.25) is 9.69 Å². The minimum atomic E-state index is -0.218. The third-order valence-electron chi connectivity index (χ3n) is 6.48. The lowest BCUT2D eigenvalue weighted by Crippen LogP contribution is -2.34. The number of halogens is 2. The molecular weight excluding hydrogens is 445 g/mol. The Morgan fingerprint density at radius 3 is 2.48 bits per heavy atom. The largest absolute Gasteiger partial charge is 0.380 e. The Labute approximate surface area is 199 Å². The Morgan fingerprint density at radius 1 is 1.03 bits per heavy atom. The van der Waals surface area contributed by atoms with Gasteiger partial charge in [0.05, 0.1) is 6.61 Å². The van der Waals surface area contributed by atoms with Gasteiger partial charge in [0.2, 0.25) is 5.91 Å². The summed E-state index contributed by atoms with van der Waals surface area (Å²) in [4.78, 5) is 27.8. The molecule has 0 spiro atoms. The highest BCUT2D eigenvalue weighted by atomic mass is 35.5. The number of urea groups is 1. The van der Waals surface area contributed by atoms with Gasteiger partial charge in [-0.05, 0) is 54.0 Å². The molecule has 2 aromatic carbocycles. The first kappa shape index (κ1) is 23.7. The van der Waals surface area contributed by atoms with E-state index in [9.17, 15) is 14.0 Å². The Bertz CT molecular complexity index is 1010. The molecule has 2 aliphatic heterocycles. The highest BCUT2D eigenvalue weighted by molar-refractivity contribution is 6.02. The van der Waals surface area contributed by atoms with Crippen molar-refractivity contribution in [2.24, 2.45) is 5.92 Å². The highest BCUT2D eigenvalue weighted by Gasteiger charge is 2.39. The quantitative estimate of drug-likeness (QED) is 0.589. The van der Waals surface area contributed by atoms with E-state index < -0.39 is 0 Å². The topological polar surface area (TPSA) is 61.9 Å². The summed E-state index contributed by atoms with van der Waals surface area (Å²) in [5, 5.41) is 3.36. The Kier molecular flexibility index (Phi) is 7.32. The van der Waals surface area contributed by atoms with E-state index in [0.29, 0.717) is 37.7 Å². The molecule has 1 N–H and O–H groups in total. The van der Waals surface area contributed by atoms with E-state index >= 15 is 0 Å². The standard InChI is InChI=1S/C25H28FN3O3.ClH/c26-23-8-7-20(11-21(23)12-27-22-9-10-32-16-22)19-5-3-17(4-6-19)13-28-15-24(30)29(25(28)31)14-18-1-2-18;/h3-8,11,18,22,27H,1-2,9-10,12-16H2;1H/t22-;/m0./s1. The first-order chi connectivity index (χ1) is 15.6. The van der Waals surface area contributed by atoms with E-state index in [1.165, 1.54) is 11.0 Å². The van der Waals surface area contributed by atoms with E-state index in [1.54, 1.807) is 11.0 Å². The van der Waals surface area contributed by atoms with Crippen molar-refractivity contribution in [3.63, 3.8) is 0 Å². The van der Waals surface area contributed by atoms with Gasteiger partial charge in [0.25, 0.3) is 0 Å². The Morgan fingerprint density at radius 2 is 1.79 bits per heavy atom. The van der Waals surface area contributed by atoms with Crippen LogP contribution in [0.4, 0.5) is 9.18 Å². The first-order valence-corrected chi connectivity index (χ1v) is 11.3. The number of rotatable bonds is 8. The lowest BCUT2D eigenvalue weighted by molar-refractivity contribution is -0.125. The number of ether oxygens (including phenoxy) is 1. The number of benzene rings is 2. The van der Waals surface area contributed by atoms with Crippen molar-refractivity contribution in [3.05, 3.63) is 59.4 Å². The number of carbonyl (C=O) groups is 2. The SMILES string of the molecule is Cl.O=C1CN(Cc2ccc(-c3ccc(F)c(CN[C@H]4CCOC4)c3)cc2)C(=O)N1CC1CC1. The molecule has 33 heavy (non-hydrogen) atoms. The van der Waals surface area contributed by atoms with Gasteiger partial charge in [-0.1, -0.05) is 30.3 Å². The van der Waals surface area contributed by atoms with Gasteiger partial charge in [0.15, 0.2) is 0 Å². The molecule has 0 bridgehead atoms. The molecule has 1 saturated carbocycles. The summed E-state index contributed by atoms with van der Waals surface area (Å²) in [6, 6.07) is 13.2. The monoisotopic (exact) mass is 473 g/mol. The lowest BCUT2D eigenvalue weighted by atomic mass is 10.0. The molecule has 8 heteroatoms. The van der Waals surface area contributed by atoms with Gasteiger partial charge >= 0.3 is 6.03 Å². The van der Waals surface area contributed by atoms with Crippen molar-refractivity contribution < 1.29 is 18.7 Å². The number of nitrogens with one attached hydrogen (secondary N) is 1. The maximum atomic E-state index is 14.3. The van der Waals surface area contributed by atoms with Crippen molar-refractivity contribution in [1.82, 2.24) is 15.1 Å². The predicted octanol–water partition coefficient (Wildman–Crippen LogP) is 3.97. The summed E-state index contributed by atoms with van der Waals surface area (Å²) in [6.45, 7) is 3.01. The summed E-state index contributed by atoms with van der Waals surface area (Å²) in [6.07, 6.45) is 3.16. The molecule has 2 heterocycles. The summed E-state index contributed by atoms with van der Waals surface area (Å²) in [5.74, 6) is 0.171. The number of hydrogen-bond donors (Lipinski definition) is 1. The van der Waals surface area contributed by atoms with Gasteiger partial charge in [-0.15, -0.1) is 12.4 Å². The van der Waals surface area contributed by atoms with Crippen LogP contribution in [0.3, 0.4) is 0 Å². The van der Waals surface area contributed by atoms with Crippen LogP contribution in [0.1, 0.15) is 30.4 Å². The third-order valence-corrected chi connectivity index (χ3v) is 6.48. The van der Waals surface area contributed by atoms with Crippen LogP contribution >= 0.6 is 12.4 Å². The number of hydrogen-bond acceptors (Lipinski definition) is 4. The molecule has 1 atom stereocenters. The summed E-state index contributed by atoms with van der Waals surface area (Å²) in [7, 11) is 0. The van der Waals surface area contributed by atoms with E-state index in [-0.39, 0.29) is 42.7 Å². The Balaban J connectivity index is 0.00000259. The molecule has 0 unspecified atom stereocenters. The van der Waals surface area contributed by atoms with Crippen LogP contribution in [-0.2, 0) is 22.6 Å². The number of imide groups is 1. The lowest BCUT2D eigenvalue weighted by Gasteiger charge is -2.17. The summed E-state index contributed by atoms with van der Waals surface area (Å²) in [5.41, 5.74) is 3.53. The van der Waals surface area contributed by atoms with Crippen LogP contribution in [0.2, 0.25) is 0 Å². The molecule has 1 aliphatic carbocycles. The van der Waals surface area contributed by atoms with Crippen molar-refractivity contribution in [2.45, 2.75) is 38.4 Å². The van der Waals surface area contributed by atoms with Gasteiger partial charge < -0.3 is 15.0 Å². The van der Waals surface area contributed by atoms with E-state index in [4.69, 9.17) is 4.74 Å². The molecule has 3 amide bonds. The zero-order valence-corrected chi connectivity index (χ0v) is 19.3. The van der Waals surface area contributed by atoms with E-state index in [0.717, 1.165) is 42.6 Å². The van der Waals surface area contributed by atoms with Crippen LogP contribution in [0, 0.1) is 11.7 Å². The minimum Gasteiger partial charge on any atom is -0.380 e. The van der Waals surface area contributed by atoms with Crippen molar-refractivity contribution in [3.8, 4) is 11.1 Å². The fourth-order valence-electron chi connectivity index (χ4n) is 4.32. The van der Waals surface area contributed by atoms with E-state index in [2.05, 4.69) is 5.32 Å². The van der Waals surface area contributed by atoms with Crippen molar-refractivity contribution in [1.29, 1.82) is 0 Å².